The molecule has 0 atom stereocenters. The molecular weight excluding hydrogens is 166 g/mol. The molecule has 0 saturated heterocycles. The largest absolute Gasteiger partial charge is 0.383 e. The van der Waals surface area contributed by atoms with Crippen molar-refractivity contribution in [2.45, 2.75) is 19.8 Å². The first kappa shape index (κ1) is 10.7. The minimum absolute atomic E-state index is 0.386. The van der Waals surface area contributed by atoms with E-state index in [0.29, 0.717) is 24.9 Å². The normalized spacial score (nSPS) is 16.5. The van der Waals surface area contributed by atoms with Gasteiger partial charge >= 0.3 is 0 Å². The number of likely N-dealkylation sites (N-methyl/N-ethyl adjacent to an activating group) is 1. The Hall–Kier alpha value is -0.410. The summed E-state index contributed by atoms with van der Waals surface area (Å²) in [6, 6.07) is 0. The second-order valence-electron chi connectivity index (χ2n) is 3.60. The van der Waals surface area contributed by atoms with Crippen LogP contribution in [0.3, 0.4) is 0 Å². The molecule has 0 spiro atoms. The molecule has 0 unspecified atom stereocenters. The van der Waals surface area contributed by atoms with Gasteiger partial charge in [-0.15, -0.1) is 0 Å². The molecule has 1 fully saturated rings. The lowest BCUT2D eigenvalue weighted by molar-refractivity contribution is -0.121. The number of carbonyl (C=O) groups is 1. The lowest BCUT2D eigenvalue weighted by Crippen LogP contribution is -2.33. The Morgan fingerprint density at radius 2 is 2.23 bits per heavy atom. The van der Waals surface area contributed by atoms with E-state index in [1.54, 1.807) is 7.11 Å². The monoisotopic (exact) mass is 185 g/mol. The van der Waals surface area contributed by atoms with Crippen molar-refractivity contribution >= 4 is 5.78 Å². The van der Waals surface area contributed by atoms with E-state index in [9.17, 15) is 4.79 Å². The Morgan fingerprint density at radius 3 is 2.69 bits per heavy atom. The predicted molar refractivity (Wildman–Crippen MR) is 51.7 cm³/mol. The lowest BCUT2D eigenvalue weighted by atomic mass is 10.2. The fourth-order valence-electron chi connectivity index (χ4n) is 1.32. The van der Waals surface area contributed by atoms with Crippen molar-refractivity contribution in [3.05, 3.63) is 0 Å². The first-order valence-corrected chi connectivity index (χ1v) is 5.02. The highest BCUT2D eigenvalue weighted by molar-refractivity contribution is 5.84. The summed E-state index contributed by atoms with van der Waals surface area (Å²) < 4.78 is 4.98. The Kier molecular flexibility index (Phi) is 4.39. The van der Waals surface area contributed by atoms with Crippen LogP contribution in [0.1, 0.15) is 19.8 Å². The Morgan fingerprint density at radius 1 is 1.54 bits per heavy atom. The highest BCUT2D eigenvalue weighted by Crippen LogP contribution is 2.29. The molecule has 0 amide bonds. The Balaban J connectivity index is 2.17. The average molecular weight is 185 g/mol. The van der Waals surface area contributed by atoms with Gasteiger partial charge in [0.1, 0.15) is 5.78 Å². The van der Waals surface area contributed by atoms with Crippen molar-refractivity contribution in [2.75, 3.05) is 33.4 Å². The van der Waals surface area contributed by atoms with E-state index >= 15 is 0 Å². The summed E-state index contributed by atoms with van der Waals surface area (Å²) in [5.74, 6) is 0.801. The van der Waals surface area contributed by atoms with Crippen LogP contribution in [0.15, 0.2) is 0 Å². The number of ether oxygens (including phenoxy) is 1. The summed E-state index contributed by atoms with van der Waals surface area (Å²) in [6.45, 7) is 5.21. The second-order valence-corrected chi connectivity index (χ2v) is 3.60. The van der Waals surface area contributed by atoms with E-state index < -0.39 is 0 Å². The highest BCUT2D eigenvalue weighted by Gasteiger charge is 2.29. The smallest absolute Gasteiger partial charge is 0.149 e. The van der Waals surface area contributed by atoms with Crippen LogP contribution < -0.4 is 0 Å². The number of hydrogen-bond acceptors (Lipinski definition) is 3. The minimum atomic E-state index is 0.386. The van der Waals surface area contributed by atoms with Gasteiger partial charge in [0.15, 0.2) is 0 Å². The first-order chi connectivity index (χ1) is 6.27. The molecule has 1 saturated carbocycles. The van der Waals surface area contributed by atoms with Gasteiger partial charge in [0, 0.05) is 19.6 Å². The fourth-order valence-corrected chi connectivity index (χ4v) is 1.32. The van der Waals surface area contributed by atoms with Crippen LogP contribution in [0.4, 0.5) is 0 Å². The third kappa shape index (κ3) is 3.87. The Labute approximate surface area is 80.1 Å². The molecule has 0 heterocycles. The summed E-state index contributed by atoms with van der Waals surface area (Å²) in [4.78, 5) is 13.6. The van der Waals surface area contributed by atoms with Gasteiger partial charge in [-0.25, -0.2) is 0 Å². The van der Waals surface area contributed by atoms with Crippen LogP contribution in [0.25, 0.3) is 0 Å². The maximum atomic E-state index is 11.5. The topological polar surface area (TPSA) is 29.5 Å². The van der Waals surface area contributed by atoms with Crippen LogP contribution in [0.5, 0.6) is 0 Å². The first-order valence-electron chi connectivity index (χ1n) is 5.02. The third-order valence-electron chi connectivity index (χ3n) is 2.47. The van der Waals surface area contributed by atoms with Crippen molar-refractivity contribution in [2.24, 2.45) is 5.92 Å². The molecule has 1 aliphatic carbocycles. The van der Waals surface area contributed by atoms with Gasteiger partial charge in [-0.05, 0) is 19.4 Å². The zero-order chi connectivity index (χ0) is 9.68. The molecule has 13 heavy (non-hydrogen) atoms. The van der Waals surface area contributed by atoms with E-state index in [1.165, 1.54) is 0 Å². The third-order valence-corrected chi connectivity index (χ3v) is 2.47. The molecule has 3 nitrogen and oxygen atoms in total. The van der Waals surface area contributed by atoms with Crippen molar-refractivity contribution in [3.63, 3.8) is 0 Å². The number of rotatable bonds is 7. The molecule has 0 aromatic rings. The van der Waals surface area contributed by atoms with Gasteiger partial charge in [-0.1, -0.05) is 6.92 Å². The predicted octanol–water partition coefficient (Wildman–Crippen LogP) is 0.934. The van der Waals surface area contributed by atoms with Gasteiger partial charge in [0.2, 0.25) is 0 Å². The quantitative estimate of drug-likeness (QED) is 0.591. The second kappa shape index (κ2) is 5.35. The fraction of sp³-hybridized carbons (Fsp3) is 0.900. The number of nitrogens with zero attached hydrogens (tertiary/aromatic N) is 1. The van der Waals surface area contributed by atoms with Crippen LogP contribution in [-0.4, -0.2) is 44.0 Å². The summed E-state index contributed by atoms with van der Waals surface area (Å²) in [5.41, 5.74) is 0. The van der Waals surface area contributed by atoms with Crippen LogP contribution in [0, 0.1) is 5.92 Å². The SMILES string of the molecule is CCN(CCOC)CC(=O)C1CC1. The number of Topliss-reactive ketones (excluding diaryl/α,β-unsaturated/α-hetero) is 1. The van der Waals surface area contributed by atoms with E-state index in [-0.39, 0.29) is 0 Å². The minimum Gasteiger partial charge on any atom is -0.383 e. The zero-order valence-corrected chi connectivity index (χ0v) is 8.58. The van der Waals surface area contributed by atoms with E-state index in [2.05, 4.69) is 11.8 Å². The number of carbonyl (C=O) groups excluding carboxylic acids is 1. The molecule has 0 aromatic carbocycles. The van der Waals surface area contributed by atoms with E-state index in [4.69, 9.17) is 4.74 Å². The number of ketones is 1. The molecule has 0 aromatic heterocycles. The van der Waals surface area contributed by atoms with Crippen molar-refractivity contribution in [1.29, 1.82) is 0 Å². The highest BCUT2D eigenvalue weighted by atomic mass is 16.5. The van der Waals surface area contributed by atoms with Gasteiger partial charge in [0.25, 0.3) is 0 Å². The molecule has 1 rings (SSSR count). The summed E-state index contributed by atoms with van der Waals surface area (Å²) in [7, 11) is 1.69. The molecule has 0 aliphatic heterocycles. The van der Waals surface area contributed by atoms with Gasteiger partial charge in [-0.3, -0.25) is 9.69 Å². The zero-order valence-electron chi connectivity index (χ0n) is 8.58. The molecule has 1 aliphatic rings. The van der Waals surface area contributed by atoms with Gasteiger partial charge in [0.05, 0.1) is 13.2 Å². The Bertz CT molecular complexity index is 166. The maximum absolute atomic E-state index is 11.5. The van der Waals surface area contributed by atoms with Crippen molar-refractivity contribution in [3.8, 4) is 0 Å². The molecule has 0 radical (unpaired) electrons. The van der Waals surface area contributed by atoms with Gasteiger partial charge < -0.3 is 4.74 Å². The summed E-state index contributed by atoms with van der Waals surface area (Å²) >= 11 is 0. The van der Waals surface area contributed by atoms with Crippen molar-refractivity contribution < 1.29 is 9.53 Å². The lowest BCUT2D eigenvalue weighted by Gasteiger charge is -2.18. The maximum Gasteiger partial charge on any atom is 0.149 e. The molecule has 3 heteroatoms. The molecule has 0 bridgehead atoms. The van der Waals surface area contributed by atoms with Crippen LogP contribution >= 0.6 is 0 Å². The van der Waals surface area contributed by atoms with Crippen LogP contribution in [-0.2, 0) is 9.53 Å². The van der Waals surface area contributed by atoms with Crippen molar-refractivity contribution in [1.82, 2.24) is 4.90 Å². The molecule has 76 valence electrons. The summed E-state index contributed by atoms with van der Waals surface area (Å²) in [6.07, 6.45) is 2.22. The number of hydrogen-bond donors (Lipinski definition) is 0. The number of methoxy groups -OCH3 is 1. The average Bonchev–Trinajstić information content (AvgIpc) is 2.94. The van der Waals surface area contributed by atoms with E-state index in [0.717, 1.165) is 25.9 Å². The van der Waals surface area contributed by atoms with Gasteiger partial charge in [-0.2, -0.15) is 0 Å². The molecule has 0 N–H and O–H groups in total. The standard InChI is InChI=1S/C10H19NO2/c1-3-11(6-7-13-2)8-10(12)9-4-5-9/h9H,3-8H2,1-2H3. The van der Waals surface area contributed by atoms with Crippen LogP contribution in [0.2, 0.25) is 0 Å². The summed E-state index contributed by atoms with van der Waals surface area (Å²) in [5, 5.41) is 0. The molecular formula is C10H19NO2. The van der Waals surface area contributed by atoms with E-state index in [1.807, 2.05) is 0 Å².